The number of nitriles is 1. The molecule has 0 rings (SSSR count). The first-order chi connectivity index (χ1) is 6.06. The molecule has 0 amide bonds. The lowest BCUT2D eigenvalue weighted by atomic mass is 10.5. The molecule has 0 bridgehead atoms. The summed E-state index contributed by atoms with van der Waals surface area (Å²) in [4.78, 5) is 21.4. The Morgan fingerprint density at radius 1 is 1.38 bits per heavy atom. The van der Waals surface area contributed by atoms with Gasteiger partial charge >= 0.3 is 11.9 Å². The van der Waals surface area contributed by atoms with Crippen molar-refractivity contribution >= 4 is 11.9 Å². The molecule has 5 heteroatoms. The molecule has 0 aromatic rings. The number of carbonyl (C=O) groups is 2. The fraction of sp³-hybridized carbons (Fsp3) is 0.625. The second-order valence-corrected chi connectivity index (χ2v) is 2.53. The Morgan fingerprint density at radius 2 is 2.00 bits per heavy atom. The summed E-state index contributed by atoms with van der Waals surface area (Å²) in [6.07, 6.45) is -0.586. The van der Waals surface area contributed by atoms with Gasteiger partial charge in [0.05, 0.1) is 12.2 Å². The standard InChI is InChI=1S/C8H11NO4/c1-6(2)13-8(11)5-12-7(10)3-4-9/h6H,3,5H2,1-2H3. The minimum Gasteiger partial charge on any atom is -0.460 e. The Hall–Kier alpha value is -1.57. The first kappa shape index (κ1) is 11.4. The van der Waals surface area contributed by atoms with E-state index in [0.29, 0.717) is 0 Å². The molecule has 0 unspecified atom stereocenters. The molecule has 0 N–H and O–H groups in total. The van der Waals surface area contributed by atoms with Gasteiger partial charge in [0.2, 0.25) is 0 Å². The molecule has 0 aliphatic rings. The largest absolute Gasteiger partial charge is 0.460 e. The van der Waals surface area contributed by atoms with Gasteiger partial charge in [-0.3, -0.25) is 4.79 Å². The van der Waals surface area contributed by atoms with Gasteiger partial charge in [-0.25, -0.2) is 4.79 Å². The number of esters is 2. The van der Waals surface area contributed by atoms with E-state index in [4.69, 9.17) is 5.26 Å². The van der Waals surface area contributed by atoms with Crippen molar-refractivity contribution < 1.29 is 19.1 Å². The maximum atomic E-state index is 10.8. The summed E-state index contributed by atoms with van der Waals surface area (Å²) >= 11 is 0. The topological polar surface area (TPSA) is 76.4 Å². The maximum absolute atomic E-state index is 10.8. The van der Waals surface area contributed by atoms with Crippen LogP contribution in [-0.2, 0) is 19.1 Å². The van der Waals surface area contributed by atoms with Crippen molar-refractivity contribution in [3.63, 3.8) is 0 Å². The van der Waals surface area contributed by atoms with Crippen molar-refractivity contribution in [2.45, 2.75) is 26.4 Å². The second-order valence-electron chi connectivity index (χ2n) is 2.53. The van der Waals surface area contributed by atoms with Crippen LogP contribution in [0.4, 0.5) is 0 Å². The third kappa shape index (κ3) is 6.81. The minimum atomic E-state index is -0.719. The van der Waals surface area contributed by atoms with Crippen LogP contribution in [0, 0.1) is 11.3 Å². The van der Waals surface area contributed by atoms with Gasteiger partial charge in [0, 0.05) is 0 Å². The normalized spacial score (nSPS) is 9.08. The fourth-order valence-corrected chi connectivity index (χ4v) is 0.552. The van der Waals surface area contributed by atoms with E-state index in [1.165, 1.54) is 0 Å². The van der Waals surface area contributed by atoms with Gasteiger partial charge in [0.1, 0.15) is 6.42 Å². The Morgan fingerprint density at radius 3 is 2.46 bits per heavy atom. The third-order valence-electron chi connectivity index (χ3n) is 0.942. The smallest absolute Gasteiger partial charge is 0.344 e. The van der Waals surface area contributed by atoms with Gasteiger partial charge in [-0.05, 0) is 13.8 Å². The molecule has 72 valence electrons. The predicted molar refractivity (Wildman–Crippen MR) is 42.4 cm³/mol. The van der Waals surface area contributed by atoms with Crippen LogP contribution in [-0.4, -0.2) is 24.6 Å². The molecule has 0 aromatic heterocycles. The summed E-state index contributed by atoms with van der Waals surface area (Å²) in [6.45, 7) is 2.95. The molecule has 0 aromatic carbocycles. The zero-order valence-corrected chi connectivity index (χ0v) is 7.57. The first-order valence-electron chi connectivity index (χ1n) is 3.78. The maximum Gasteiger partial charge on any atom is 0.344 e. The molecule has 0 radical (unpaired) electrons. The monoisotopic (exact) mass is 185 g/mol. The van der Waals surface area contributed by atoms with E-state index in [-0.39, 0.29) is 12.5 Å². The molecule has 0 aliphatic heterocycles. The Labute approximate surface area is 76.2 Å². The Bertz CT molecular complexity index is 229. The number of ether oxygens (including phenoxy) is 2. The summed E-state index contributed by atoms with van der Waals surface area (Å²) in [5.74, 6) is -1.33. The van der Waals surface area contributed by atoms with E-state index in [1.807, 2.05) is 0 Å². The average Bonchev–Trinajstić information content (AvgIpc) is 2.00. The summed E-state index contributed by atoms with van der Waals surface area (Å²) in [6, 6.07) is 1.61. The van der Waals surface area contributed by atoms with Crippen LogP contribution >= 0.6 is 0 Å². The molecule has 5 nitrogen and oxygen atoms in total. The highest BCUT2D eigenvalue weighted by molar-refractivity contribution is 5.77. The number of hydrogen-bond acceptors (Lipinski definition) is 5. The van der Waals surface area contributed by atoms with Crippen LogP contribution in [0.1, 0.15) is 20.3 Å². The van der Waals surface area contributed by atoms with Crippen LogP contribution in [0.5, 0.6) is 0 Å². The van der Waals surface area contributed by atoms with E-state index < -0.39 is 18.5 Å². The van der Waals surface area contributed by atoms with Crippen molar-refractivity contribution in [3.05, 3.63) is 0 Å². The number of rotatable bonds is 4. The van der Waals surface area contributed by atoms with Crippen LogP contribution < -0.4 is 0 Å². The highest BCUT2D eigenvalue weighted by atomic mass is 16.6. The number of nitrogens with zero attached hydrogens (tertiary/aromatic N) is 1. The van der Waals surface area contributed by atoms with Crippen molar-refractivity contribution in [2.75, 3.05) is 6.61 Å². The molecule has 0 atom stereocenters. The summed E-state index contributed by atoms with van der Waals surface area (Å²) in [5, 5.41) is 8.08. The van der Waals surface area contributed by atoms with Crippen molar-refractivity contribution in [3.8, 4) is 6.07 Å². The minimum absolute atomic E-state index is 0.234. The molecule has 13 heavy (non-hydrogen) atoms. The second kappa shape index (κ2) is 6.00. The van der Waals surface area contributed by atoms with E-state index in [1.54, 1.807) is 19.9 Å². The zero-order chi connectivity index (χ0) is 10.3. The van der Waals surface area contributed by atoms with Gasteiger partial charge < -0.3 is 9.47 Å². The fourth-order valence-electron chi connectivity index (χ4n) is 0.552. The molecule has 0 saturated heterocycles. The predicted octanol–water partition coefficient (Wildman–Crippen LogP) is 0.395. The van der Waals surface area contributed by atoms with Gasteiger partial charge in [-0.1, -0.05) is 0 Å². The van der Waals surface area contributed by atoms with E-state index in [0.717, 1.165) is 0 Å². The van der Waals surface area contributed by atoms with Gasteiger partial charge in [0.25, 0.3) is 0 Å². The lowest BCUT2D eigenvalue weighted by Gasteiger charge is -2.07. The van der Waals surface area contributed by atoms with Gasteiger partial charge in [-0.15, -0.1) is 0 Å². The first-order valence-corrected chi connectivity index (χ1v) is 3.78. The summed E-state index contributed by atoms with van der Waals surface area (Å²) < 4.78 is 9.09. The SMILES string of the molecule is CC(C)OC(=O)COC(=O)CC#N. The van der Waals surface area contributed by atoms with Crippen molar-refractivity contribution in [1.29, 1.82) is 5.26 Å². The van der Waals surface area contributed by atoms with E-state index in [9.17, 15) is 9.59 Å². The number of carbonyl (C=O) groups excluding carboxylic acids is 2. The lowest BCUT2D eigenvalue weighted by molar-refractivity contribution is -0.160. The molecule has 0 fully saturated rings. The molecular formula is C8H11NO4. The summed E-state index contributed by atoms with van der Waals surface area (Å²) in [7, 11) is 0. The molecule has 0 heterocycles. The Kier molecular flexibility index (Phi) is 5.28. The number of hydrogen-bond donors (Lipinski definition) is 0. The molecular weight excluding hydrogens is 174 g/mol. The zero-order valence-electron chi connectivity index (χ0n) is 7.57. The van der Waals surface area contributed by atoms with Crippen LogP contribution in [0.15, 0.2) is 0 Å². The van der Waals surface area contributed by atoms with Crippen LogP contribution in [0.2, 0.25) is 0 Å². The van der Waals surface area contributed by atoms with Crippen LogP contribution in [0.3, 0.4) is 0 Å². The highest BCUT2D eigenvalue weighted by Gasteiger charge is 2.08. The van der Waals surface area contributed by atoms with E-state index >= 15 is 0 Å². The third-order valence-corrected chi connectivity index (χ3v) is 0.942. The van der Waals surface area contributed by atoms with Gasteiger partial charge in [-0.2, -0.15) is 5.26 Å². The summed E-state index contributed by atoms with van der Waals surface area (Å²) in [5.41, 5.74) is 0. The van der Waals surface area contributed by atoms with Crippen molar-refractivity contribution in [2.24, 2.45) is 0 Å². The quantitative estimate of drug-likeness (QED) is 0.592. The molecule has 0 aliphatic carbocycles. The molecule has 0 spiro atoms. The van der Waals surface area contributed by atoms with Crippen LogP contribution in [0.25, 0.3) is 0 Å². The highest BCUT2D eigenvalue weighted by Crippen LogP contribution is 1.91. The van der Waals surface area contributed by atoms with E-state index in [2.05, 4.69) is 9.47 Å². The van der Waals surface area contributed by atoms with Crippen molar-refractivity contribution in [1.82, 2.24) is 0 Å². The average molecular weight is 185 g/mol. The Balaban J connectivity index is 3.59. The molecule has 0 saturated carbocycles. The van der Waals surface area contributed by atoms with Gasteiger partial charge in [0.15, 0.2) is 6.61 Å². The lowest BCUT2D eigenvalue weighted by Crippen LogP contribution is -2.19.